The van der Waals surface area contributed by atoms with Crippen LogP contribution in [-0.2, 0) is 26.3 Å². The molecule has 0 bridgehead atoms. The standard InChI is InChI=1S/C27H40N4O5S/c1-8-9-15-28-27(33)22(4)30(18-23-11-10-12-24(17-23)36-7)26(32)19-31(37(34,35)29(5)6)25-16-20(2)13-14-21(25)3/h10-14,16-17,22H,8-9,15,18-19H2,1-7H3,(H,28,33)/t22-/m0/s1. The lowest BCUT2D eigenvalue weighted by Crippen LogP contribution is -2.52. The molecule has 1 atom stereocenters. The van der Waals surface area contributed by atoms with Crippen LogP contribution in [0.15, 0.2) is 42.5 Å². The van der Waals surface area contributed by atoms with Crippen LogP contribution in [0.1, 0.15) is 43.4 Å². The Morgan fingerprint density at radius 1 is 1.08 bits per heavy atom. The van der Waals surface area contributed by atoms with Crippen LogP contribution in [0.5, 0.6) is 5.75 Å². The van der Waals surface area contributed by atoms with Gasteiger partial charge in [0.15, 0.2) is 0 Å². The number of unbranched alkanes of at least 4 members (excludes halogenated alkanes) is 1. The first-order valence-electron chi connectivity index (χ1n) is 12.4. The molecule has 1 N–H and O–H groups in total. The topological polar surface area (TPSA) is 99.3 Å². The molecule has 0 radical (unpaired) electrons. The van der Waals surface area contributed by atoms with E-state index in [1.165, 1.54) is 19.0 Å². The number of nitrogens with zero attached hydrogens (tertiary/aromatic N) is 3. The summed E-state index contributed by atoms with van der Waals surface area (Å²) < 4.78 is 34.2. The number of amides is 2. The monoisotopic (exact) mass is 532 g/mol. The molecule has 0 saturated heterocycles. The minimum absolute atomic E-state index is 0.112. The van der Waals surface area contributed by atoms with Crippen molar-refractivity contribution < 1.29 is 22.7 Å². The number of nitrogens with one attached hydrogen (secondary N) is 1. The molecule has 2 aromatic carbocycles. The third-order valence-electron chi connectivity index (χ3n) is 6.14. The summed E-state index contributed by atoms with van der Waals surface area (Å²) in [5.41, 5.74) is 2.76. The van der Waals surface area contributed by atoms with E-state index in [-0.39, 0.29) is 12.5 Å². The van der Waals surface area contributed by atoms with Gasteiger partial charge in [0.05, 0.1) is 12.8 Å². The van der Waals surface area contributed by atoms with Crippen molar-refractivity contribution in [3.8, 4) is 5.75 Å². The summed E-state index contributed by atoms with van der Waals surface area (Å²) in [4.78, 5) is 28.2. The van der Waals surface area contributed by atoms with Gasteiger partial charge in [-0.3, -0.25) is 9.59 Å². The first-order chi connectivity index (χ1) is 17.4. The number of hydrogen-bond donors (Lipinski definition) is 1. The minimum Gasteiger partial charge on any atom is -0.497 e. The molecule has 2 amide bonds. The first-order valence-corrected chi connectivity index (χ1v) is 13.8. The molecule has 2 rings (SSSR count). The van der Waals surface area contributed by atoms with E-state index in [0.29, 0.717) is 23.5 Å². The highest BCUT2D eigenvalue weighted by atomic mass is 32.2. The van der Waals surface area contributed by atoms with Gasteiger partial charge in [-0.05, 0) is 62.1 Å². The van der Waals surface area contributed by atoms with E-state index in [1.807, 2.05) is 38.1 Å². The second-order valence-electron chi connectivity index (χ2n) is 9.28. The smallest absolute Gasteiger partial charge is 0.304 e. The third-order valence-corrected chi connectivity index (χ3v) is 7.94. The van der Waals surface area contributed by atoms with Crippen LogP contribution in [0.3, 0.4) is 0 Å². The third kappa shape index (κ3) is 7.93. The van der Waals surface area contributed by atoms with E-state index in [4.69, 9.17) is 4.74 Å². The Balaban J connectivity index is 2.48. The summed E-state index contributed by atoms with van der Waals surface area (Å²) >= 11 is 0. The summed E-state index contributed by atoms with van der Waals surface area (Å²) in [6, 6.07) is 11.9. The molecule has 9 nitrogen and oxygen atoms in total. The van der Waals surface area contributed by atoms with Gasteiger partial charge in [0.1, 0.15) is 18.3 Å². The van der Waals surface area contributed by atoms with E-state index >= 15 is 0 Å². The lowest BCUT2D eigenvalue weighted by Gasteiger charge is -2.33. The van der Waals surface area contributed by atoms with Crippen molar-refractivity contribution in [1.29, 1.82) is 0 Å². The Kier molecular flexibility index (Phi) is 10.9. The normalized spacial score (nSPS) is 12.2. The van der Waals surface area contributed by atoms with Crippen LogP contribution in [0.25, 0.3) is 0 Å². The number of carbonyl (C=O) groups is 2. The van der Waals surface area contributed by atoms with Crippen molar-refractivity contribution >= 4 is 27.7 Å². The predicted octanol–water partition coefficient (Wildman–Crippen LogP) is 3.26. The van der Waals surface area contributed by atoms with Crippen molar-refractivity contribution in [3.63, 3.8) is 0 Å². The molecule has 0 unspecified atom stereocenters. The van der Waals surface area contributed by atoms with Crippen LogP contribution < -0.4 is 14.4 Å². The zero-order chi connectivity index (χ0) is 27.8. The molecule has 0 heterocycles. The molecule has 0 aromatic heterocycles. The maximum atomic E-state index is 13.8. The molecule has 0 spiro atoms. The predicted molar refractivity (Wildman–Crippen MR) is 147 cm³/mol. The Labute approximate surface area is 221 Å². The highest BCUT2D eigenvalue weighted by Crippen LogP contribution is 2.26. The summed E-state index contributed by atoms with van der Waals surface area (Å²) in [5, 5.41) is 2.88. The number of rotatable bonds is 13. The molecule has 0 aliphatic heterocycles. The van der Waals surface area contributed by atoms with Gasteiger partial charge in [-0.25, -0.2) is 4.31 Å². The Morgan fingerprint density at radius 2 is 1.78 bits per heavy atom. The van der Waals surface area contributed by atoms with Gasteiger partial charge in [-0.15, -0.1) is 0 Å². The van der Waals surface area contributed by atoms with E-state index in [1.54, 1.807) is 39.2 Å². The van der Waals surface area contributed by atoms with Crippen LogP contribution in [0, 0.1) is 13.8 Å². The highest BCUT2D eigenvalue weighted by molar-refractivity contribution is 7.90. The van der Waals surface area contributed by atoms with E-state index in [0.717, 1.165) is 32.6 Å². The number of aryl methyl sites for hydroxylation is 2. The van der Waals surface area contributed by atoms with E-state index < -0.39 is 28.7 Å². The molecule has 10 heteroatoms. The molecule has 37 heavy (non-hydrogen) atoms. The fourth-order valence-corrected chi connectivity index (χ4v) is 4.89. The molecule has 0 fully saturated rings. The van der Waals surface area contributed by atoms with Gasteiger partial charge < -0.3 is 15.0 Å². The average Bonchev–Trinajstić information content (AvgIpc) is 2.86. The lowest BCUT2D eigenvalue weighted by atomic mass is 10.1. The fraction of sp³-hybridized carbons (Fsp3) is 0.481. The molecule has 0 aliphatic rings. The number of hydrogen-bond acceptors (Lipinski definition) is 5. The molecule has 204 valence electrons. The van der Waals surface area contributed by atoms with Gasteiger partial charge >= 0.3 is 10.2 Å². The largest absolute Gasteiger partial charge is 0.497 e. The second-order valence-corrected chi connectivity index (χ2v) is 11.3. The zero-order valence-electron chi connectivity index (χ0n) is 22.9. The number of anilines is 1. The summed E-state index contributed by atoms with van der Waals surface area (Å²) in [7, 11) is 0.400. The van der Waals surface area contributed by atoms with Crippen molar-refractivity contribution in [3.05, 3.63) is 59.2 Å². The van der Waals surface area contributed by atoms with Gasteiger partial charge in [-0.2, -0.15) is 12.7 Å². The van der Waals surface area contributed by atoms with Crippen LogP contribution in [-0.4, -0.2) is 69.8 Å². The summed E-state index contributed by atoms with van der Waals surface area (Å²) in [6.45, 7) is 7.51. The van der Waals surface area contributed by atoms with Crippen molar-refractivity contribution in [1.82, 2.24) is 14.5 Å². The minimum atomic E-state index is -4.01. The Bertz CT molecular complexity index is 1180. The Hall–Kier alpha value is -3.11. The maximum absolute atomic E-state index is 13.8. The van der Waals surface area contributed by atoms with Crippen molar-refractivity contribution in [2.24, 2.45) is 0 Å². The molecule has 2 aromatic rings. The fourth-order valence-electron chi connectivity index (χ4n) is 3.78. The van der Waals surface area contributed by atoms with Gasteiger partial charge in [-0.1, -0.05) is 37.6 Å². The quantitative estimate of drug-likeness (QED) is 0.399. The number of ether oxygens (including phenoxy) is 1. The number of carbonyl (C=O) groups excluding carboxylic acids is 2. The van der Waals surface area contributed by atoms with Gasteiger partial charge in [0.2, 0.25) is 11.8 Å². The lowest BCUT2D eigenvalue weighted by molar-refractivity contribution is -0.139. The zero-order valence-corrected chi connectivity index (χ0v) is 23.8. The number of benzene rings is 2. The Morgan fingerprint density at radius 3 is 2.41 bits per heavy atom. The van der Waals surface area contributed by atoms with Crippen LogP contribution in [0.2, 0.25) is 0 Å². The van der Waals surface area contributed by atoms with Crippen molar-refractivity contribution in [2.45, 2.75) is 53.1 Å². The average molecular weight is 533 g/mol. The van der Waals surface area contributed by atoms with Crippen LogP contribution >= 0.6 is 0 Å². The molecular weight excluding hydrogens is 492 g/mol. The summed E-state index contributed by atoms with van der Waals surface area (Å²) in [6.07, 6.45) is 1.75. The second kappa shape index (κ2) is 13.4. The van der Waals surface area contributed by atoms with E-state index in [2.05, 4.69) is 5.32 Å². The van der Waals surface area contributed by atoms with Gasteiger partial charge in [0.25, 0.3) is 0 Å². The SMILES string of the molecule is CCCCNC(=O)[C@H](C)N(Cc1cccc(OC)c1)C(=O)CN(c1cc(C)ccc1C)S(=O)(=O)N(C)C. The number of methoxy groups -OCH3 is 1. The van der Waals surface area contributed by atoms with Crippen molar-refractivity contribution in [2.75, 3.05) is 38.6 Å². The molecule has 0 aliphatic carbocycles. The highest BCUT2D eigenvalue weighted by Gasteiger charge is 2.33. The molecule has 0 saturated carbocycles. The first kappa shape index (κ1) is 30.1. The molecular formula is C27H40N4O5S. The maximum Gasteiger partial charge on any atom is 0.304 e. The van der Waals surface area contributed by atoms with Gasteiger partial charge in [0, 0.05) is 27.2 Å². The van der Waals surface area contributed by atoms with E-state index in [9.17, 15) is 18.0 Å². The summed E-state index contributed by atoms with van der Waals surface area (Å²) in [5.74, 6) is -0.164. The van der Waals surface area contributed by atoms with Crippen LogP contribution in [0.4, 0.5) is 5.69 Å².